The van der Waals surface area contributed by atoms with Gasteiger partial charge in [-0.1, -0.05) is 13.8 Å². The molecule has 1 aromatic rings. The molecule has 1 atom stereocenters. The van der Waals surface area contributed by atoms with Gasteiger partial charge in [0.05, 0.1) is 6.10 Å². The Hall–Kier alpha value is -1.52. The highest BCUT2D eigenvalue weighted by Crippen LogP contribution is 2.16. The molecule has 0 radical (unpaired) electrons. The Kier molecular flexibility index (Phi) is 3.11. The molecule has 0 aromatic carbocycles. The first-order chi connectivity index (χ1) is 6.49. The van der Waals surface area contributed by atoms with Crippen LogP contribution in [-0.4, -0.2) is 16.1 Å². The SMILES string of the molecule is CC(C)C(C)Oc1cc(N)nc(N)n1. The van der Waals surface area contributed by atoms with Crippen LogP contribution in [0.2, 0.25) is 0 Å². The van der Waals surface area contributed by atoms with E-state index in [9.17, 15) is 0 Å². The number of nitrogens with two attached hydrogens (primary N) is 2. The predicted octanol–water partition coefficient (Wildman–Crippen LogP) is 1.06. The minimum atomic E-state index is 0.0729. The molecular formula is C9H16N4O. The lowest BCUT2D eigenvalue weighted by Gasteiger charge is -2.17. The Labute approximate surface area is 83.5 Å². The summed E-state index contributed by atoms with van der Waals surface area (Å²) in [6, 6.07) is 1.56. The average Bonchev–Trinajstić information content (AvgIpc) is 2.01. The van der Waals surface area contributed by atoms with Crippen LogP contribution in [0.25, 0.3) is 0 Å². The van der Waals surface area contributed by atoms with Gasteiger partial charge in [0.2, 0.25) is 11.8 Å². The van der Waals surface area contributed by atoms with Crippen molar-refractivity contribution in [2.45, 2.75) is 26.9 Å². The van der Waals surface area contributed by atoms with Gasteiger partial charge in [0.25, 0.3) is 0 Å². The van der Waals surface area contributed by atoms with Crippen molar-refractivity contribution in [1.82, 2.24) is 9.97 Å². The highest BCUT2D eigenvalue weighted by Gasteiger charge is 2.10. The van der Waals surface area contributed by atoms with Crippen LogP contribution in [0, 0.1) is 5.92 Å². The van der Waals surface area contributed by atoms with Gasteiger partial charge in [-0.3, -0.25) is 0 Å². The number of nitrogens with zero attached hydrogens (tertiary/aromatic N) is 2. The molecule has 1 unspecified atom stereocenters. The van der Waals surface area contributed by atoms with Gasteiger partial charge >= 0.3 is 0 Å². The van der Waals surface area contributed by atoms with Crippen molar-refractivity contribution in [3.05, 3.63) is 6.07 Å². The van der Waals surface area contributed by atoms with Crippen molar-refractivity contribution < 1.29 is 4.74 Å². The first kappa shape index (κ1) is 10.6. The van der Waals surface area contributed by atoms with Gasteiger partial charge in [-0.15, -0.1) is 0 Å². The number of aromatic nitrogens is 2. The number of hydrogen-bond acceptors (Lipinski definition) is 5. The van der Waals surface area contributed by atoms with Crippen molar-refractivity contribution in [3.63, 3.8) is 0 Å². The quantitative estimate of drug-likeness (QED) is 0.754. The van der Waals surface area contributed by atoms with Gasteiger partial charge in [-0.25, -0.2) is 0 Å². The summed E-state index contributed by atoms with van der Waals surface area (Å²) in [6.07, 6.45) is 0.0729. The third-order valence-corrected chi connectivity index (χ3v) is 1.99. The van der Waals surface area contributed by atoms with Crippen molar-refractivity contribution in [2.75, 3.05) is 11.5 Å². The van der Waals surface area contributed by atoms with Crippen LogP contribution in [0.3, 0.4) is 0 Å². The minimum absolute atomic E-state index is 0.0729. The zero-order valence-electron chi connectivity index (χ0n) is 8.69. The monoisotopic (exact) mass is 196 g/mol. The summed E-state index contributed by atoms with van der Waals surface area (Å²) < 4.78 is 5.53. The summed E-state index contributed by atoms with van der Waals surface area (Å²) in [5.41, 5.74) is 10.9. The van der Waals surface area contributed by atoms with Crippen LogP contribution in [0.4, 0.5) is 11.8 Å². The van der Waals surface area contributed by atoms with Crippen molar-refractivity contribution in [2.24, 2.45) is 5.92 Å². The standard InChI is InChI=1S/C9H16N4O/c1-5(2)6(3)14-8-4-7(10)12-9(11)13-8/h4-6H,1-3H3,(H4,10,11,12,13). The second kappa shape index (κ2) is 4.13. The average molecular weight is 196 g/mol. The summed E-state index contributed by atoms with van der Waals surface area (Å²) in [4.78, 5) is 7.67. The van der Waals surface area contributed by atoms with Gasteiger partial charge < -0.3 is 16.2 Å². The molecule has 0 aliphatic carbocycles. The summed E-state index contributed by atoms with van der Waals surface area (Å²) in [6.45, 7) is 6.11. The summed E-state index contributed by atoms with van der Waals surface area (Å²) in [7, 11) is 0. The van der Waals surface area contributed by atoms with Crippen molar-refractivity contribution >= 4 is 11.8 Å². The Balaban J connectivity index is 2.76. The van der Waals surface area contributed by atoms with Gasteiger partial charge in [-0.2, -0.15) is 9.97 Å². The van der Waals surface area contributed by atoms with Crippen LogP contribution in [0.1, 0.15) is 20.8 Å². The molecular weight excluding hydrogens is 180 g/mol. The third kappa shape index (κ3) is 2.76. The molecule has 0 bridgehead atoms. The van der Waals surface area contributed by atoms with Gasteiger partial charge in [0, 0.05) is 6.07 Å². The van der Waals surface area contributed by atoms with Crippen molar-refractivity contribution in [3.8, 4) is 5.88 Å². The number of hydrogen-bond donors (Lipinski definition) is 2. The molecule has 1 aromatic heterocycles. The van der Waals surface area contributed by atoms with E-state index < -0.39 is 0 Å². The lowest BCUT2D eigenvalue weighted by molar-refractivity contribution is 0.163. The Morgan fingerprint density at radius 2 is 1.86 bits per heavy atom. The maximum Gasteiger partial charge on any atom is 0.225 e. The molecule has 14 heavy (non-hydrogen) atoms. The molecule has 78 valence electrons. The summed E-state index contributed by atoms with van der Waals surface area (Å²) >= 11 is 0. The van der Waals surface area contributed by atoms with Crippen LogP contribution < -0.4 is 16.2 Å². The summed E-state index contributed by atoms with van der Waals surface area (Å²) in [5.74, 6) is 1.29. The topological polar surface area (TPSA) is 87.0 Å². The Bertz CT molecular complexity index is 293. The van der Waals surface area contributed by atoms with E-state index in [-0.39, 0.29) is 12.1 Å². The fraction of sp³-hybridized carbons (Fsp3) is 0.556. The zero-order valence-corrected chi connectivity index (χ0v) is 8.69. The van der Waals surface area contributed by atoms with E-state index in [1.165, 1.54) is 0 Å². The normalized spacial score (nSPS) is 12.9. The number of anilines is 2. The Morgan fingerprint density at radius 3 is 2.36 bits per heavy atom. The molecule has 1 rings (SSSR count). The molecule has 4 N–H and O–H groups in total. The highest BCUT2D eigenvalue weighted by molar-refractivity contribution is 5.38. The number of nitrogen functional groups attached to an aromatic ring is 2. The van der Waals surface area contributed by atoms with Crippen LogP contribution >= 0.6 is 0 Å². The van der Waals surface area contributed by atoms with E-state index in [0.717, 1.165) is 0 Å². The molecule has 1 heterocycles. The predicted molar refractivity (Wildman–Crippen MR) is 55.8 cm³/mol. The fourth-order valence-corrected chi connectivity index (χ4v) is 0.848. The Morgan fingerprint density at radius 1 is 1.21 bits per heavy atom. The van der Waals surface area contributed by atoms with Crippen LogP contribution in [-0.2, 0) is 0 Å². The zero-order chi connectivity index (χ0) is 10.7. The summed E-state index contributed by atoms with van der Waals surface area (Å²) in [5, 5.41) is 0. The number of ether oxygens (including phenoxy) is 1. The second-order valence-electron chi connectivity index (χ2n) is 3.56. The van der Waals surface area contributed by atoms with Crippen molar-refractivity contribution in [1.29, 1.82) is 0 Å². The van der Waals surface area contributed by atoms with E-state index in [2.05, 4.69) is 23.8 Å². The van der Waals surface area contributed by atoms with E-state index in [4.69, 9.17) is 16.2 Å². The first-order valence-electron chi connectivity index (χ1n) is 4.55. The van der Waals surface area contributed by atoms with Crippen LogP contribution in [0.5, 0.6) is 5.88 Å². The molecule has 5 nitrogen and oxygen atoms in total. The maximum atomic E-state index is 5.53. The van der Waals surface area contributed by atoms with Gasteiger partial charge in [0.15, 0.2) is 0 Å². The fourth-order valence-electron chi connectivity index (χ4n) is 0.848. The van der Waals surface area contributed by atoms with E-state index in [0.29, 0.717) is 17.6 Å². The highest BCUT2D eigenvalue weighted by atomic mass is 16.5. The number of rotatable bonds is 3. The second-order valence-corrected chi connectivity index (χ2v) is 3.56. The van der Waals surface area contributed by atoms with Gasteiger partial charge in [-0.05, 0) is 12.8 Å². The van der Waals surface area contributed by atoms with E-state index in [1.54, 1.807) is 6.07 Å². The third-order valence-electron chi connectivity index (χ3n) is 1.99. The minimum Gasteiger partial charge on any atom is -0.474 e. The molecule has 0 aliphatic heterocycles. The molecule has 0 aliphatic rings. The van der Waals surface area contributed by atoms with Crippen LogP contribution in [0.15, 0.2) is 6.07 Å². The first-order valence-corrected chi connectivity index (χ1v) is 4.55. The lowest BCUT2D eigenvalue weighted by Crippen LogP contribution is -2.19. The molecule has 0 spiro atoms. The van der Waals surface area contributed by atoms with Gasteiger partial charge in [0.1, 0.15) is 5.82 Å². The smallest absolute Gasteiger partial charge is 0.225 e. The van der Waals surface area contributed by atoms with E-state index in [1.807, 2.05) is 6.92 Å². The molecule has 0 saturated heterocycles. The lowest BCUT2D eigenvalue weighted by atomic mass is 10.1. The largest absolute Gasteiger partial charge is 0.474 e. The maximum absolute atomic E-state index is 5.53. The molecule has 0 amide bonds. The molecule has 0 fully saturated rings. The van der Waals surface area contributed by atoms with E-state index >= 15 is 0 Å². The molecule has 0 saturated carbocycles. The molecule has 5 heteroatoms.